The van der Waals surface area contributed by atoms with Crippen LogP contribution < -0.4 is 5.32 Å². The molecular weight excluding hydrogens is 449 g/mol. The zero-order chi connectivity index (χ0) is 22.0. The van der Waals surface area contributed by atoms with Crippen molar-refractivity contribution in [2.24, 2.45) is 0 Å². The number of anilines is 1. The van der Waals surface area contributed by atoms with E-state index in [-0.39, 0.29) is 17.1 Å². The Hall–Kier alpha value is -3.10. The molecule has 0 saturated carbocycles. The molecule has 2 heterocycles. The molecule has 2 aromatic carbocycles. The van der Waals surface area contributed by atoms with Gasteiger partial charge in [-0.25, -0.2) is 4.98 Å². The summed E-state index contributed by atoms with van der Waals surface area (Å²) in [4.78, 5) is 17.6. The number of benzene rings is 2. The van der Waals surface area contributed by atoms with Crippen LogP contribution in [0.25, 0.3) is 11.3 Å². The van der Waals surface area contributed by atoms with E-state index in [4.69, 9.17) is 16.0 Å². The first-order valence-corrected chi connectivity index (χ1v) is 10.3. The van der Waals surface area contributed by atoms with Gasteiger partial charge in [0.1, 0.15) is 5.76 Å². The molecule has 0 aliphatic rings. The van der Waals surface area contributed by atoms with Crippen LogP contribution in [0.5, 0.6) is 0 Å². The number of aromatic nitrogens is 1. The Morgan fingerprint density at radius 3 is 2.68 bits per heavy atom. The van der Waals surface area contributed by atoms with Gasteiger partial charge in [-0.1, -0.05) is 41.9 Å². The number of carbonyl (C=O) groups is 1. The minimum absolute atomic E-state index is 0.0322. The molecule has 31 heavy (non-hydrogen) atoms. The zero-order valence-electron chi connectivity index (χ0n) is 15.7. The number of hydrogen-bond acceptors (Lipinski definition) is 4. The first kappa shape index (κ1) is 21.1. The van der Waals surface area contributed by atoms with Crippen LogP contribution in [0.1, 0.15) is 26.6 Å². The highest BCUT2D eigenvalue weighted by Gasteiger charge is 2.30. The van der Waals surface area contributed by atoms with Gasteiger partial charge in [-0.15, -0.1) is 11.3 Å². The fraction of sp³-hybridized carbons (Fsp3) is 0.0909. The molecule has 1 N–H and O–H groups in total. The van der Waals surface area contributed by atoms with Crippen LogP contribution in [0.4, 0.5) is 18.3 Å². The second kappa shape index (κ2) is 8.56. The summed E-state index contributed by atoms with van der Waals surface area (Å²) in [6.07, 6.45) is -2.23. The number of nitrogens with zero attached hydrogens (tertiary/aromatic N) is 1. The van der Waals surface area contributed by atoms with Gasteiger partial charge in [0, 0.05) is 28.1 Å². The molecule has 4 aromatic rings. The van der Waals surface area contributed by atoms with Gasteiger partial charge in [0.05, 0.1) is 5.56 Å². The van der Waals surface area contributed by atoms with E-state index in [0.717, 1.165) is 22.6 Å². The summed E-state index contributed by atoms with van der Waals surface area (Å²) in [5, 5.41) is 3.67. The van der Waals surface area contributed by atoms with Gasteiger partial charge in [-0.05, 0) is 35.9 Å². The Labute approximate surface area is 184 Å². The topological polar surface area (TPSA) is 55.1 Å². The molecule has 2 aromatic heterocycles. The monoisotopic (exact) mass is 462 g/mol. The summed E-state index contributed by atoms with van der Waals surface area (Å²) < 4.78 is 44.2. The lowest BCUT2D eigenvalue weighted by Gasteiger charge is -2.07. The molecule has 0 unspecified atom stereocenters. The number of amides is 1. The number of hydrogen-bond donors (Lipinski definition) is 1. The number of nitrogens with one attached hydrogen (secondary N) is 1. The maximum Gasteiger partial charge on any atom is 0.416 e. The summed E-state index contributed by atoms with van der Waals surface area (Å²) in [6.45, 7) is 0. The number of carbonyl (C=O) groups excluding carboxylic acids is 1. The second-order valence-electron chi connectivity index (χ2n) is 6.60. The van der Waals surface area contributed by atoms with Crippen LogP contribution in [0.2, 0.25) is 5.02 Å². The molecule has 4 rings (SSSR count). The molecule has 0 atom stereocenters. The number of rotatable bonds is 5. The lowest BCUT2D eigenvalue weighted by Crippen LogP contribution is -2.10. The average molecular weight is 463 g/mol. The SMILES string of the molecule is O=C(Nc1ncc(Cc2ccccc2Cl)s1)c1ccc(-c2cccc(C(F)(F)F)c2)o1. The van der Waals surface area contributed by atoms with Crippen molar-refractivity contribution >= 4 is 34.0 Å². The molecule has 158 valence electrons. The molecule has 0 fully saturated rings. The van der Waals surface area contributed by atoms with E-state index in [1.165, 1.54) is 35.6 Å². The van der Waals surface area contributed by atoms with Crippen molar-refractivity contribution in [1.82, 2.24) is 4.98 Å². The highest BCUT2D eigenvalue weighted by Crippen LogP contribution is 2.33. The summed E-state index contributed by atoms with van der Waals surface area (Å²) in [5.74, 6) is -0.415. The summed E-state index contributed by atoms with van der Waals surface area (Å²) >= 11 is 7.47. The number of halogens is 4. The van der Waals surface area contributed by atoms with Gasteiger partial charge < -0.3 is 4.42 Å². The lowest BCUT2D eigenvalue weighted by molar-refractivity contribution is -0.137. The Morgan fingerprint density at radius 2 is 1.90 bits per heavy atom. The fourth-order valence-electron chi connectivity index (χ4n) is 2.90. The van der Waals surface area contributed by atoms with Gasteiger partial charge in [-0.3, -0.25) is 10.1 Å². The lowest BCUT2D eigenvalue weighted by atomic mass is 10.1. The third-order valence-corrected chi connectivity index (χ3v) is 5.68. The van der Waals surface area contributed by atoms with Crippen molar-refractivity contribution in [3.63, 3.8) is 0 Å². The molecule has 0 saturated heterocycles. The van der Waals surface area contributed by atoms with Gasteiger partial charge >= 0.3 is 6.18 Å². The van der Waals surface area contributed by atoms with Crippen LogP contribution in [-0.2, 0) is 12.6 Å². The van der Waals surface area contributed by atoms with Gasteiger partial charge in [0.2, 0.25) is 0 Å². The highest BCUT2D eigenvalue weighted by molar-refractivity contribution is 7.15. The van der Waals surface area contributed by atoms with Crippen LogP contribution in [0, 0.1) is 0 Å². The van der Waals surface area contributed by atoms with E-state index >= 15 is 0 Å². The van der Waals surface area contributed by atoms with E-state index in [1.54, 1.807) is 12.3 Å². The van der Waals surface area contributed by atoms with E-state index in [0.29, 0.717) is 16.6 Å². The standard InChI is InChI=1S/C22H14ClF3N2O2S/c23-17-7-2-1-4-13(17)11-16-12-27-21(31-16)28-20(29)19-9-8-18(30-19)14-5-3-6-15(10-14)22(24,25)26/h1-10,12H,11H2,(H,27,28,29). The molecule has 0 aliphatic heterocycles. The Kier molecular flexibility index (Phi) is 5.84. The van der Waals surface area contributed by atoms with Crippen LogP contribution >= 0.6 is 22.9 Å². The summed E-state index contributed by atoms with van der Waals surface area (Å²) in [6, 6.07) is 15.0. The van der Waals surface area contributed by atoms with Crippen molar-refractivity contribution in [2.45, 2.75) is 12.6 Å². The minimum atomic E-state index is -4.46. The Balaban J connectivity index is 1.45. The second-order valence-corrected chi connectivity index (χ2v) is 8.12. The predicted molar refractivity (Wildman–Crippen MR) is 113 cm³/mol. The summed E-state index contributed by atoms with van der Waals surface area (Å²) in [7, 11) is 0. The third kappa shape index (κ3) is 4.98. The largest absolute Gasteiger partial charge is 0.451 e. The normalized spacial score (nSPS) is 11.5. The quantitative estimate of drug-likeness (QED) is 0.350. The van der Waals surface area contributed by atoms with Crippen molar-refractivity contribution in [2.75, 3.05) is 5.32 Å². The maximum atomic E-state index is 12.9. The van der Waals surface area contributed by atoms with Crippen molar-refractivity contribution in [3.05, 3.63) is 93.6 Å². The zero-order valence-corrected chi connectivity index (χ0v) is 17.3. The Morgan fingerprint density at radius 1 is 1.10 bits per heavy atom. The maximum absolute atomic E-state index is 12.9. The molecule has 9 heteroatoms. The van der Waals surface area contributed by atoms with E-state index in [2.05, 4.69) is 10.3 Å². The molecular formula is C22H14ClF3N2O2S. The van der Waals surface area contributed by atoms with Crippen molar-refractivity contribution in [3.8, 4) is 11.3 Å². The molecule has 0 radical (unpaired) electrons. The number of furan rings is 1. The number of thiazole rings is 1. The third-order valence-electron chi connectivity index (χ3n) is 4.40. The molecule has 0 bridgehead atoms. The van der Waals surface area contributed by atoms with Gasteiger partial charge in [-0.2, -0.15) is 13.2 Å². The minimum Gasteiger partial charge on any atom is -0.451 e. The van der Waals surface area contributed by atoms with E-state index < -0.39 is 17.6 Å². The highest BCUT2D eigenvalue weighted by atomic mass is 35.5. The molecule has 0 spiro atoms. The van der Waals surface area contributed by atoms with Crippen molar-refractivity contribution < 1.29 is 22.4 Å². The van der Waals surface area contributed by atoms with Crippen molar-refractivity contribution in [1.29, 1.82) is 0 Å². The summed E-state index contributed by atoms with van der Waals surface area (Å²) in [5.41, 5.74) is 0.383. The first-order valence-electron chi connectivity index (χ1n) is 9.06. The Bertz CT molecular complexity index is 1230. The smallest absolute Gasteiger partial charge is 0.416 e. The molecule has 1 amide bonds. The number of alkyl halides is 3. The predicted octanol–water partition coefficient (Wildman–Crippen LogP) is 6.92. The van der Waals surface area contributed by atoms with Crippen LogP contribution in [-0.4, -0.2) is 10.9 Å². The molecule has 4 nitrogen and oxygen atoms in total. The average Bonchev–Trinajstić information content (AvgIpc) is 3.39. The van der Waals surface area contributed by atoms with Crippen LogP contribution in [0.15, 0.2) is 71.3 Å². The van der Waals surface area contributed by atoms with E-state index in [1.807, 2.05) is 18.2 Å². The molecule has 0 aliphatic carbocycles. The van der Waals surface area contributed by atoms with Gasteiger partial charge in [0.15, 0.2) is 10.9 Å². The fourth-order valence-corrected chi connectivity index (χ4v) is 3.93. The first-order chi connectivity index (χ1) is 14.8. The van der Waals surface area contributed by atoms with E-state index in [9.17, 15) is 18.0 Å². The van der Waals surface area contributed by atoms with Gasteiger partial charge in [0.25, 0.3) is 5.91 Å². The van der Waals surface area contributed by atoms with Crippen LogP contribution in [0.3, 0.4) is 0 Å².